The van der Waals surface area contributed by atoms with E-state index in [2.05, 4.69) is 15.9 Å². The van der Waals surface area contributed by atoms with Crippen LogP contribution in [0.3, 0.4) is 0 Å². The number of hydrogen-bond acceptors (Lipinski definition) is 2. The van der Waals surface area contributed by atoms with E-state index in [0.717, 1.165) is 0 Å². The molecule has 1 rings (SSSR count). The van der Waals surface area contributed by atoms with Crippen molar-refractivity contribution < 1.29 is 14.3 Å². The minimum absolute atomic E-state index is 0.0245. The summed E-state index contributed by atoms with van der Waals surface area (Å²) in [5.74, 6) is -1.72. The minimum atomic E-state index is -0.975. The third-order valence-electron chi connectivity index (χ3n) is 2.16. The molecule has 0 amide bonds. The van der Waals surface area contributed by atoms with Crippen molar-refractivity contribution in [1.29, 1.82) is 0 Å². The monoisotopic (exact) mass is 275 g/mol. The molecule has 82 valence electrons. The van der Waals surface area contributed by atoms with Crippen LogP contribution < -0.4 is 5.73 Å². The molecule has 0 saturated carbocycles. The number of alkyl halides is 1. The molecule has 0 fully saturated rings. The summed E-state index contributed by atoms with van der Waals surface area (Å²) in [6.07, 6.45) is 0. The topological polar surface area (TPSA) is 63.3 Å². The van der Waals surface area contributed by atoms with Crippen molar-refractivity contribution >= 4 is 21.9 Å². The fourth-order valence-corrected chi connectivity index (χ4v) is 1.77. The summed E-state index contributed by atoms with van der Waals surface area (Å²) in [7, 11) is 0. The molecule has 0 heterocycles. The molecule has 0 aliphatic carbocycles. The molecule has 3 nitrogen and oxygen atoms in total. The Morgan fingerprint density at radius 2 is 2.27 bits per heavy atom. The Labute approximate surface area is 95.2 Å². The van der Waals surface area contributed by atoms with E-state index in [1.807, 2.05) is 0 Å². The standard InChI is InChI=1S/C10H11BrFNO2/c11-9-3-6(1-2-7(9)4-12)8(5-13)10(14)15/h1-3,8H,4-5,13H2,(H,14,15). The number of carboxylic acids is 1. The van der Waals surface area contributed by atoms with Gasteiger partial charge in [0.15, 0.2) is 0 Å². The Balaban J connectivity index is 3.05. The van der Waals surface area contributed by atoms with E-state index in [1.54, 1.807) is 18.2 Å². The first-order chi connectivity index (χ1) is 7.10. The number of benzene rings is 1. The van der Waals surface area contributed by atoms with Gasteiger partial charge in [-0.05, 0) is 17.2 Å². The van der Waals surface area contributed by atoms with E-state index in [1.165, 1.54) is 0 Å². The Kier molecular flexibility index (Phi) is 4.23. The average molecular weight is 276 g/mol. The summed E-state index contributed by atoms with van der Waals surface area (Å²) < 4.78 is 13.0. The molecule has 0 saturated heterocycles. The molecular weight excluding hydrogens is 265 g/mol. The number of rotatable bonds is 4. The van der Waals surface area contributed by atoms with Crippen LogP contribution in [-0.2, 0) is 11.5 Å². The van der Waals surface area contributed by atoms with Crippen LogP contribution in [0.4, 0.5) is 4.39 Å². The second-order valence-electron chi connectivity index (χ2n) is 3.11. The third kappa shape index (κ3) is 2.76. The normalized spacial score (nSPS) is 12.5. The highest BCUT2D eigenvalue weighted by Gasteiger charge is 2.18. The highest BCUT2D eigenvalue weighted by Crippen LogP contribution is 2.24. The summed E-state index contributed by atoms with van der Waals surface area (Å²) in [6.45, 7) is -0.558. The molecule has 3 N–H and O–H groups in total. The van der Waals surface area contributed by atoms with Crippen molar-refractivity contribution in [3.8, 4) is 0 Å². The summed E-state index contributed by atoms with van der Waals surface area (Å²) in [5.41, 5.74) is 6.43. The zero-order valence-corrected chi connectivity index (χ0v) is 9.50. The van der Waals surface area contributed by atoms with Gasteiger partial charge in [0, 0.05) is 11.0 Å². The molecule has 1 unspecified atom stereocenters. The number of aliphatic carboxylic acids is 1. The van der Waals surface area contributed by atoms with Crippen LogP contribution >= 0.6 is 15.9 Å². The van der Waals surface area contributed by atoms with E-state index in [4.69, 9.17) is 10.8 Å². The van der Waals surface area contributed by atoms with Gasteiger partial charge in [0.1, 0.15) is 6.67 Å². The maximum atomic E-state index is 12.4. The predicted molar refractivity (Wildman–Crippen MR) is 58.4 cm³/mol. The van der Waals surface area contributed by atoms with E-state index in [0.29, 0.717) is 15.6 Å². The van der Waals surface area contributed by atoms with Gasteiger partial charge in [-0.1, -0.05) is 28.1 Å². The Bertz CT molecular complexity index is 370. The van der Waals surface area contributed by atoms with Crippen molar-refractivity contribution in [3.05, 3.63) is 33.8 Å². The van der Waals surface area contributed by atoms with Crippen molar-refractivity contribution in [2.75, 3.05) is 6.54 Å². The van der Waals surface area contributed by atoms with Gasteiger partial charge < -0.3 is 10.8 Å². The summed E-state index contributed by atoms with van der Waals surface area (Å²) in [4.78, 5) is 10.8. The van der Waals surface area contributed by atoms with Crippen LogP contribution in [0.5, 0.6) is 0 Å². The number of hydrogen-bond donors (Lipinski definition) is 2. The maximum Gasteiger partial charge on any atom is 0.312 e. The Hall–Kier alpha value is -0.940. The lowest BCUT2D eigenvalue weighted by molar-refractivity contribution is -0.138. The summed E-state index contributed by atoms with van der Waals surface area (Å²) >= 11 is 3.18. The highest BCUT2D eigenvalue weighted by molar-refractivity contribution is 9.10. The van der Waals surface area contributed by atoms with Gasteiger partial charge in [0.05, 0.1) is 5.92 Å². The second-order valence-corrected chi connectivity index (χ2v) is 3.97. The smallest absolute Gasteiger partial charge is 0.312 e. The molecule has 1 atom stereocenters. The van der Waals surface area contributed by atoms with E-state index in [9.17, 15) is 9.18 Å². The maximum absolute atomic E-state index is 12.4. The zero-order chi connectivity index (χ0) is 11.4. The van der Waals surface area contributed by atoms with Crippen molar-refractivity contribution in [3.63, 3.8) is 0 Å². The van der Waals surface area contributed by atoms with Crippen LogP contribution in [0.25, 0.3) is 0 Å². The Morgan fingerprint density at radius 3 is 2.67 bits per heavy atom. The van der Waals surface area contributed by atoms with Crippen molar-refractivity contribution in [2.24, 2.45) is 5.73 Å². The molecule has 0 spiro atoms. The number of nitrogens with two attached hydrogens (primary N) is 1. The fourth-order valence-electron chi connectivity index (χ4n) is 1.27. The largest absolute Gasteiger partial charge is 0.481 e. The zero-order valence-electron chi connectivity index (χ0n) is 7.91. The molecule has 0 aliphatic heterocycles. The van der Waals surface area contributed by atoms with Gasteiger partial charge in [-0.25, -0.2) is 4.39 Å². The SMILES string of the molecule is NCC(C(=O)O)c1ccc(CF)c(Br)c1. The van der Waals surface area contributed by atoms with Crippen LogP contribution in [0.2, 0.25) is 0 Å². The predicted octanol–water partition coefficient (Wildman–Crippen LogP) is 2.05. The lowest BCUT2D eigenvalue weighted by atomic mass is 9.98. The van der Waals surface area contributed by atoms with E-state index in [-0.39, 0.29) is 6.54 Å². The van der Waals surface area contributed by atoms with E-state index < -0.39 is 18.6 Å². The quantitative estimate of drug-likeness (QED) is 0.884. The summed E-state index contributed by atoms with van der Waals surface area (Å²) in [6, 6.07) is 4.75. The fraction of sp³-hybridized carbons (Fsp3) is 0.300. The number of carboxylic acid groups (broad SMARTS) is 1. The molecule has 0 bridgehead atoms. The first kappa shape index (κ1) is 12.1. The average Bonchev–Trinajstić information content (AvgIpc) is 2.18. The third-order valence-corrected chi connectivity index (χ3v) is 2.90. The lowest BCUT2D eigenvalue weighted by Crippen LogP contribution is -2.21. The molecule has 0 aliphatic rings. The van der Waals surface area contributed by atoms with Crippen molar-refractivity contribution in [2.45, 2.75) is 12.6 Å². The molecule has 0 radical (unpaired) electrons. The lowest BCUT2D eigenvalue weighted by Gasteiger charge is -2.11. The van der Waals surface area contributed by atoms with Crippen LogP contribution in [0, 0.1) is 0 Å². The van der Waals surface area contributed by atoms with Crippen LogP contribution in [0.1, 0.15) is 17.0 Å². The van der Waals surface area contributed by atoms with Gasteiger partial charge in [-0.2, -0.15) is 0 Å². The van der Waals surface area contributed by atoms with Crippen LogP contribution in [-0.4, -0.2) is 17.6 Å². The van der Waals surface area contributed by atoms with Gasteiger partial charge in [0.25, 0.3) is 0 Å². The van der Waals surface area contributed by atoms with E-state index >= 15 is 0 Å². The first-order valence-corrected chi connectivity index (χ1v) is 5.16. The number of carbonyl (C=O) groups is 1. The molecule has 15 heavy (non-hydrogen) atoms. The molecule has 1 aromatic carbocycles. The molecule has 0 aromatic heterocycles. The van der Waals surface area contributed by atoms with Gasteiger partial charge in [-0.15, -0.1) is 0 Å². The highest BCUT2D eigenvalue weighted by atomic mass is 79.9. The molecular formula is C10H11BrFNO2. The second kappa shape index (κ2) is 5.23. The molecule has 5 heteroatoms. The Morgan fingerprint density at radius 1 is 1.60 bits per heavy atom. The summed E-state index contributed by atoms with van der Waals surface area (Å²) in [5, 5.41) is 8.87. The van der Waals surface area contributed by atoms with Crippen LogP contribution in [0.15, 0.2) is 22.7 Å². The van der Waals surface area contributed by atoms with Gasteiger partial charge in [0.2, 0.25) is 0 Å². The van der Waals surface area contributed by atoms with Gasteiger partial charge in [-0.3, -0.25) is 4.79 Å². The molecule has 1 aromatic rings. The van der Waals surface area contributed by atoms with Gasteiger partial charge >= 0.3 is 5.97 Å². The number of halogens is 2. The minimum Gasteiger partial charge on any atom is -0.481 e. The van der Waals surface area contributed by atoms with Crippen molar-refractivity contribution in [1.82, 2.24) is 0 Å². The first-order valence-electron chi connectivity index (χ1n) is 4.37.